The van der Waals surface area contributed by atoms with Gasteiger partial charge in [0.25, 0.3) is 5.89 Å². The summed E-state index contributed by atoms with van der Waals surface area (Å²) in [6.07, 6.45) is 8.00. The molecule has 0 atom stereocenters. The lowest BCUT2D eigenvalue weighted by Crippen LogP contribution is -2.44. The first kappa shape index (κ1) is 26.6. The van der Waals surface area contributed by atoms with E-state index in [4.69, 9.17) is 9.26 Å². The van der Waals surface area contributed by atoms with E-state index in [-0.39, 0.29) is 24.0 Å². The normalized spacial score (nSPS) is 15.4. The zero-order valence-corrected chi connectivity index (χ0v) is 22.0. The molecule has 3 rings (SSSR count). The molecule has 1 saturated carbocycles. The van der Waals surface area contributed by atoms with Gasteiger partial charge in [-0.3, -0.25) is 4.99 Å². The molecule has 1 fully saturated rings. The van der Waals surface area contributed by atoms with Crippen LogP contribution in [-0.2, 0) is 17.6 Å². The predicted octanol–water partition coefficient (Wildman–Crippen LogP) is 4.61. The summed E-state index contributed by atoms with van der Waals surface area (Å²) in [6.45, 7) is 7.50. The number of nitrogens with zero attached hydrogens (tertiary/aromatic N) is 3. The molecule has 2 N–H and O–H groups in total. The highest BCUT2D eigenvalue weighted by molar-refractivity contribution is 14.0. The van der Waals surface area contributed by atoms with Gasteiger partial charge in [-0.1, -0.05) is 37.1 Å². The second-order valence-electron chi connectivity index (χ2n) is 8.32. The summed E-state index contributed by atoms with van der Waals surface area (Å²) in [7, 11) is 1.83. The van der Waals surface area contributed by atoms with E-state index in [1.54, 1.807) is 0 Å². The number of guanidine groups is 1. The van der Waals surface area contributed by atoms with E-state index in [0.717, 1.165) is 62.9 Å². The van der Waals surface area contributed by atoms with Crippen LogP contribution in [0.4, 0.5) is 0 Å². The fraction of sp³-hybridized carbons (Fsp3) is 0.625. The molecule has 1 aromatic heterocycles. The molecular weight excluding hydrogens is 517 g/mol. The molecule has 0 amide bonds. The number of aryl methyl sites for hydroxylation is 1. The first-order valence-electron chi connectivity index (χ1n) is 11.6. The van der Waals surface area contributed by atoms with E-state index in [2.05, 4.69) is 44.8 Å². The third kappa shape index (κ3) is 7.72. The summed E-state index contributed by atoms with van der Waals surface area (Å²) in [5.74, 6) is 2.19. The monoisotopic (exact) mass is 555 g/mol. The molecule has 1 heterocycles. The van der Waals surface area contributed by atoms with Crippen LogP contribution in [0.15, 0.2) is 33.8 Å². The Morgan fingerprint density at radius 1 is 1.16 bits per heavy atom. The molecule has 178 valence electrons. The number of halogens is 1. The summed E-state index contributed by atoms with van der Waals surface area (Å²) < 4.78 is 10.9. The highest BCUT2D eigenvalue weighted by Crippen LogP contribution is 2.40. The summed E-state index contributed by atoms with van der Waals surface area (Å²) >= 11 is 0. The molecule has 1 aromatic carbocycles. The fourth-order valence-electron chi connectivity index (χ4n) is 4.22. The Bertz CT molecular complexity index is 816. The number of hydrogen-bond donors (Lipinski definition) is 2. The second kappa shape index (κ2) is 13.8. The molecule has 1 aliphatic rings. The predicted molar refractivity (Wildman–Crippen MR) is 140 cm³/mol. The van der Waals surface area contributed by atoms with Gasteiger partial charge in [0.05, 0.1) is 0 Å². The van der Waals surface area contributed by atoms with Crippen molar-refractivity contribution >= 4 is 29.9 Å². The van der Waals surface area contributed by atoms with Crippen molar-refractivity contribution in [3.63, 3.8) is 0 Å². The van der Waals surface area contributed by atoms with E-state index in [9.17, 15) is 0 Å². The van der Waals surface area contributed by atoms with E-state index < -0.39 is 0 Å². The smallest absolute Gasteiger partial charge is 0.257 e. The van der Waals surface area contributed by atoms with E-state index >= 15 is 0 Å². The number of rotatable bonds is 11. The van der Waals surface area contributed by atoms with Crippen molar-refractivity contribution in [3.8, 4) is 11.5 Å². The Hall–Kier alpha value is -1.68. The maximum absolute atomic E-state index is 5.62. The Labute approximate surface area is 209 Å². The molecule has 2 aromatic rings. The van der Waals surface area contributed by atoms with Gasteiger partial charge in [0, 0.05) is 45.3 Å². The van der Waals surface area contributed by atoms with Crippen LogP contribution in [0, 0.1) is 5.41 Å². The van der Waals surface area contributed by atoms with Crippen molar-refractivity contribution in [2.75, 3.05) is 33.4 Å². The first-order valence-corrected chi connectivity index (χ1v) is 11.6. The SMILES string of the molecule is CCOCCC1(CNC(=NC)NCCc2ccc(-c3nc(CC)no3)cc2)CCCC1.I. The quantitative estimate of drug-likeness (QED) is 0.182. The third-order valence-corrected chi connectivity index (χ3v) is 6.19. The van der Waals surface area contributed by atoms with Crippen LogP contribution in [-0.4, -0.2) is 49.5 Å². The van der Waals surface area contributed by atoms with Crippen molar-refractivity contribution in [2.45, 2.75) is 58.8 Å². The zero-order valence-electron chi connectivity index (χ0n) is 19.7. The Kier molecular flexibility index (Phi) is 11.4. The summed E-state index contributed by atoms with van der Waals surface area (Å²) in [6, 6.07) is 8.31. The number of ether oxygens (including phenoxy) is 1. The maximum Gasteiger partial charge on any atom is 0.257 e. The van der Waals surface area contributed by atoms with Gasteiger partial charge >= 0.3 is 0 Å². The Morgan fingerprint density at radius 3 is 2.53 bits per heavy atom. The van der Waals surface area contributed by atoms with Crippen LogP contribution in [0.3, 0.4) is 0 Å². The number of nitrogens with one attached hydrogen (secondary N) is 2. The zero-order chi connectivity index (χ0) is 21.9. The lowest BCUT2D eigenvalue weighted by Gasteiger charge is -2.30. The van der Waals surface area contributed by atoms with Gasteiger partial charge in [-0.2, -0.15) is 4.98 Å². The molecule has 0 aliphatic heterocycles. The molecule has 1 aliphatic carbocycles. The third-order valence-electron chi connectivity index (χ3n) is 6.19. The lowest BCUT2D eigenvalue weighted by molar-refractivity contribution is 0.105. The van der Waals surface area contributed by atoms with Crippen molar-refractivity contribution in [1.82, 2.24) is 20.8 Å². The van der Waals surface area contributed by atoms with Crippen molar-refractivity contribution < 1.29 is 9.26 Å². The molecule has 32 heavy (non-hydrogen) atoms. The molecule has 0 unspecified atom stereocenters. The van der Waals surface area contributed by atoms with Crippen LogP contribution in [0.2, 0.25) is 0 Å². The number of aromatic nitrogens is 2. The highest BCUT2D eigenvalue weighted by Gasteiger charge is 2.33. The van der Waals surface area contributed by atoms with Crippen LogP contribution < -0.4 is 10.6 Å². The van der Waals surface area contributed by atoms with E-state index in [1.165, 1.54) is 31.2 Å². The first-order chi connectivity index (χ1) is 15.2. The lowest BCUT2D eigenvalue weighted by atomic mass is 9.83. The van der Waals surface area contributed by atoms with Gasteiger partial charge in [-0.25, -0.2) is 0 Å². The van der Waals surface area contributed by atoms with Crippen molar-refractivity contribution in [3.05, 3.63) is 35.7 Å². The summed E-state index contributed by atoms with van der Waals surface area (Å²) in [5, 5.41) is 11.0. The summed E-state index contributed by atoms with van der Waals surface area (Å²) in [4.78, 5) is 8.79. The number of aliphatic imine (C=N–C) groups is 1. The fourth-order valence-corrected chi connectivity index (χ4v) is 4.22. The van der Waals surface area contributed by atoms with E-state index in [1.807, 2.05) is 26.1 Å². The average molecular weight is 556 g/mol. The highest BCUT2D eigenvalue weighted by atomic mass is 127. The second-order valence-corrected chi connectivity index (χ2v) is 8.32. The minimum atomic E-state index is 0. The van der Waals surface area contributed by atoms with Gasteiger partial charge in [0.15, 0.2) is 11.8 Å². The standard InChI is InChI=1S/C24H37N5O2.HI/c1-4-21-28-22(31-29-21)20-10-8-19(9-11-20)12-16-26-23(25-3)27-18-24(13-6-7-14-24)15-17-30-5-2;/h8-11H,4-7,12-18H2,1-3H3,(H2,25,26,27);1H. The van der Waals surface area contributed by atoms with Gasteiger partial charge in [0.2, 0.25) is 0 Å². The molecule has 0 bridgehead atoms. The molecule has 0 saturated heterocycles. The maximum atomic E-state index is 5.62. The van der Waals surface area contributed by atoms with Crippen molar-refractivity contribution in [2.24, 2.45) is 10.4 Å². The molecule has 0 spiro atoms. The molecular formula is C24H38IN5O2. The van der Waals surface area contributed by atoms with Crippen LogP contribution in [0.1, 0.15) is 57.3 Å². The van der Waals surface area contributed by atoms with Crippen LogP contribution in [0.5, 0.6) is 0 Å². The molecule has 8 heteroatoms. The molecule has 0 radical (unpaired) electrons. The summed E-state index contributed by atoms with van der Waals surface area (Å²) in [5.41, 5.74) is 2.55. The van der Waals surface area contributed by atoms with Gasteiger partial charge in [-0.15, -0.1) is 24.0 Å². The average Bonchev–Trinajstić information content (AvgIpc) is 3.47. The van der Waals surface area contributed by atoms with Gasteiger partial charge in [0.1, 0.15) is 0 Å². The largest absolute Gasteiger partial charge is 0.382 e. The minimum absolute atomic E-state index is 0. The number of hydrogen-bond acceptors (Lipinski definition) is 5. The molecule has 7 nitrogen and oxygen atoms in total. The topological polar surface area (TPSA) is 84.6 Å². The number of benzene rings is 1. The van der Waals surface area contributed by atoms with Gasteiger partial charge < -0.3 is 19.9 Å². The van der Waals surface area contributed by atoms with E-state index in [0.29, 0.717) is 11.3 Å². The minimum Gasteiger partial charge on any atom is -0.382 e. The van der Waals surface area contributed by atoms with Crippen LogP contribution >= 0.6 is 24.0 Å². The van der Waals surface area contributed by atoms with Gasteiger partial charge in [-0.05, 0) is 55.7 Å². The Morgan fingerprint density at radius 2 is 1.91 bits per heavy atom. The van der Waals surface area contributed by atoms with Crippen molar-refractivity contribution in [1.29, 1.82) is 0 Å². The van der Waals surface area contributed by atoms with Crippen LogP contribution in [0.25, 0.3) is 11.5 Å². The Balaban J connectivity index is 0.00000363.